The molecule has 0 amide bonds. The van der Waals surface area contributed by atoms with Crippen LogP contribution >= 0.6 is 0 Å². The molecule has 1 atom stereocenters. The van der Waals surface area contributed by atoms with Crippen LogP contribution in [0.4, 0.5) is 0 Å². The van der Waals surface area contributed by atoms with E-state index in [0.717, 1.165) is 19.0 Å². The van der Waals surface area contributed by atoms with Gasteiger partial charge < -0.3 is 16.0 Å². The van der Waals surface area contributed by atoms with Crippen LogP contribution in [0.3, 0.4) is 0 Å². The molecule has 1 saturated heterocycles. The first-order chi connectivity index (χ1) is 6.86. The molecule has 3 N–H and O–H groups in total. The number of nitrogens with zero attached hydrogens (tertiary/aromatic N) is 1. The maximum absolute atomic E-state index is 5.54. The molecule has 0 aromatic carbocycles. The minimum absolute atomic E-state index is 0.806. The van der Waals surface area contributed by atoms with Crippen molar-refractivity contribution in [1.82, 2.24) is 10.2 Å². The third-order valence-electron chi connectivity index (χ3n) is 2.97. The van der Waals surface area contributed by atoms with Crippen molar-refractivity contribution in [3.05, 3.63) is 0 Å². The first-order valence-corrected chi connectivity index (χ1v) is 6.00. The lowest BCUT2D eigenvalue weighted by Crippen LogP contribution is -2.27. The lowest BCUT2D eigenvalue weighted by atomic mass is 10.1. The van der Waals surface area contributed by atoms with Gasteiger partial charge in [-0.2, -0.15) is 0 Å². The molecule has 0 radical (unpaired) electrons. The fourth-order valence-corrected chi connectivity index (χ4v) is 2.14. The van der Waals surface area contributed by atoms with Crippen LogP contribution in [0.25, 0.3) is 0 Å². The van der Waals surface area contributed by atoms with E-state index in [4.69, 9.17) is 5.73 Å². The molecule has 0 spiro atoms. The summed E-state index contributed by atoms with van der Waals surface area (Å²) in [6.45, 7) is 8.99. The van der Waals surface area contributed by atoms with Crippen LogP contribution in [-0.2, 0) is 0 Å². The van der Waals surface area contributed by atoms with Crippen molar-refractivity contribution in [2.24, 2.45) is 11.7 Å². The van der Waals surface area contributed by atoms with Crippen molar-refractivity contribution in [2.45, 2.75) is 26.2 Å². The number of hydrogen-bond acceptors (Lipinski definition) is 3. The lowest BCUT2D eigenvalue weighted by Gasteiger charge is -2.14. The molecule has 1 aliphatic rings. The molecule has 1 fully saturated rings. The molecule has 1 unspecified atom stereocenters. The van der Waals surface area contributed by atoms with E-state index in [9.17, 15) is 0 Å². The second kappa shape index (κ2) is 7.21. The Bertz CT molecular complexity index is 138. The van der Waals surface area contributed by atoms with E-state index in [2.05, 4.69) is 17.1 Å². The largest absolute Gasteiger partial charge is 0.329 e. The van der Waals surface area contributed by atoms with Gasteiger partial charge in [-0.05, 0) is 44.8 Å². The molecule has 84 valence electrons. The van der Waals surface area contributed by atoms with Crippen molar-refractivity contribution in [3.8, 4) is 0 Å². The van der Waals surface area contributed by atoms with Crippen LogP contribution in [0, 0.1) is 5.92 Å². The summed E-state index contributed by atoms with van der Waals surface area (Å²) in [7, 11) is 0. The summed E-state index contributed by atoms with van der Waals surface area (Å²) in [5, 5.41) is 3.47. The summed E-state index contributed by atoms with van der Waals surface area (Å²) in [5.41, 5.74) is 5.54. The minimum Gasteiger partial charge on any atom is -0.329 e. The van der Waals surface area contributed by atoms with Crippen LogP contribution in [0.1, 0.15) is 26.2 Å². The maximum Gasteiger partial charge on any atom is 0.0105 e. The van der Waals surface area contributed by atoms with Crippen LogP contribution in [0.5, 0.6) is 0 Å². The van der Waals surface area contributed by atoms with Crippen molar-refractivity contribution in [2.75, 3.05) is 39.3 Å². The van der Waals surface area contributed by atoms with Crippen molar-refractivity contribution in [3.63, 3.8) is 0 Å². The van der Waals surface area contributed by atoms with Gasteiger partial charge in [0.15, 0.2) is 0 Å². The van der Waals surface area contributed by atoms with E-state index < -0.39 is 0 Å². The molecule has 0 aromatic heterocycles. The van der Waals surface area contributed by atoms with Crippen LogP contribution in [-0.4, -0.2) is 44.2 Å². The summed E-state index contributed by atoms with van der Waals surface area (Å²) >= 11 is 0. The number of nitrogens with two attached hydrogens (primary N) is 1. The summed E-state index contributed by atoms with van der Waals surface area (Å²) < 4.78 is 0. The SMILES string of the molecule is CCCNCCC1CCN(CCN)C1. The minimum atomic E-state index is 0.806. The van der Waals surface area contributed by atoms with Crippen molar-refractivity contribution >= 4 is 0 Å². The highest BCUT2D eigenvalue weighted by Gasteiger charge is 2.20. The molecular weight excluding hydrogens is 174 g/mol. The maximum atomic E-state index is 5.54. The van der Waals surface area contributed by atoms with Crippen LogP contribution < -0.4 is 11.1 Å². The predicted molar refractivity (Wildman–Crippen MR) is 61.4 cm³/mol. The van der Waals surface area contributed by atoms with E-state index in [1.54, 1.807) is 0 Å². The highest BCUT2D eigenvalue weighted by molar-refractivity contribution is 4.76. The molecule has 0 bridgehead atoms. The highest BCUT2D eigenvalue weighted by atomic mass is 15.1. The second-order valence-electron chi connectivity index (χ2n) is 4.28. The Balaban J connectivity index is 1.98. The Labute approximate surface area is 88.0 Å². The molecule has 0 aliphatic carbocycles. The van der Waals surface area contributed by atoms with Crippen LogP contribution in [0.2, 0.25) is 0 Å². The summed E-state index contributed by atoms with van der Waals surface area (Å²) in [6, 6.07) is 0. The van der Waals surface area contributed by atoms with E-state index in [0.29, 0.717) is 0 Å². The fourth-order valence-electron chi connectivity index (χ4n) is 2.14. The Kier molecular flexibility index (Phi) is 6.15. The number of rotatable bonds is 7. The van der Waals surface area contributed by atoms with Crippen LogP contribution in [0.15, 0.2) is 0 Å². The van der Waals surface area contributed by atoms with Gasteiger partial charge in [0.05, 0.1) is 0 Å². The summed E-state index contributed by atoms with van der Waals surface area (Å²) in [5.74, 6) is 0.908. The number of nitrogens with one attached hydrogen (secondary N) is 1. The van der Waals surface area contributed by atoms with Gasteiger partial charge in [-0.3, -0.25) is 0 Å². The average Bonchev–Trinajstić information content (AvgIpc) is 2.61. The standard InChI is InChI=1S/C11H25N3/c1-2-6-13-7-3-11-4-8-14(10-11)9-5-12/h11,13H,2-10,12H2,1H3. The first kappa shape index (κ1) is 12.0. The number of likely N-dealkylation sites (tertiary alicyclic amines) is 1. The lowest BCUT2D eigenvalue weighted by molar-refractivity contribution is 0.328. The van der Waals surface area contributed by atoms with Gasteiger partial charge in [0.2, 0.25) is 0 Å². The Hall–Kier alpha value is -0.120. The Morgan fingerprint density at radius 1 is 1.43 bits per heavy atom. The molecule has 14 heavy (non-hydrogen) atoms. The van der Waals surface area contributed by atoms with Gasteiger partial charge >= 0.3 is 0 Å². The predicted octanol–water partition coefficient (Wildman–Crippen LogP) is 0.657. The molecule has 3 nitrogen and oxygen atoms in total. The van der Waals surface area contributed by atoms with Gasteiger partial charge in [0.1, 0.15) is 0 Å². The van der Waals surface area contributed by atoms with Crippen molar-refractivity contribution < 1.29 is 0 Å². The normalized spacial score (nSPS) is 23.1. The molecular formula is C11H25N3. The fraction of sp³-hybridized carbons (Fsp3) is 1.00. The highest BCUT2D eigenvalue weighted by Crippen LogP contribution is 2.18. The average molecular weight is 199 g/mol. The topological polar surface area (TPSA) is 41.3 Å². The first-order valence-electron chi connectivity index (χ1n) is 6.00. The quantitative estimate of drug-likeness (QED) is 0.592. The summed E-state index contributed by atoms with van der Waals surface area (Å²) in [4.78, 5) is 2.49. The van der Waals surface area contributed by atoms with Gasteiger partial charge in [-0.15, -0.1) is 0 Å². The number of hydrogen-bond donors (Lipinski definition) is 2. The van der Waals surface area contributed by atoms with Gasteiger partial charge in [0.25, 0.3) is 0 Å². The molecule has 1 heterocycles. The second-order valence-corrected chi connectivity index (χ2v) is 4.28. The Morgan fingerprint density at radius 2 is 2.29 bits per heavy atom. The van der Waals surface area contributed by atoms with E-state index in [1.165, 1.54) is 45.4 Å². The smallest absolute Gasteiger partial charge is 0.0105 e. The van der Waals surface area contributed by atoms with Gasteiger partial charge in [-0.1, -0.05) is 6.92 Å². The molecule has 3 heteroatoms. The third kappa shape index (κ3) is 4.40. The zero-order chi connectivity index (χ0) is 10.2. The van der Waals surface area contributed by atoms with E-state index >= 15 is 0 Å². The zero-order valence-electron chi connectivity index (χ0n) is 9.47. The van der Waals surface area contributed by atoms with E-state index in [-0.39, 0.29) is 0 Å². The van der Waals surface area contributed by atoms with E-state index in [1.807, 2.05) is 0 Å². The van der Waals surface area contributed by atoms with Gasteiger partial charge in [0, 0.05) is 19.6 Å². The van der Waals surface area contributed by atoms with Crippen molar-refractivity contribution in [1.29, 1.82) is 0 Å². The molecule has 0 saturated carbocycles. The van der Waals surface area contributed by atoms with Gasteiger partial charge in [-0.25, -0.2) is 0 Å². The third-order valence-corrected chi connectivity index (χ3v) is 2.97. The summed E-state index contributed by atoms with van der Waals surface area (Å²) in [6.07, 6.45) is 3.94. The zero-order valence-corrected chi connectivity index (χ0v) is 9.47. The molecule has 1 rings (SSSR count). The molecule has 1 aliphatic heterocycles. The monoisotopic (exact) mass is 199 g/mol. The Morgan fingerprint density at radius 3 is 3.00 bits per heavy atom. The molecule has 0 aromatic rings.